The summed E-state index contributed by atoms with van der Waals surface area (Å²) in [5.41, 5.74) is 2.71. The van der Waals surface area contributed by atoms with Gasteiger partial charge in [0, 0.05) is 30.1 Å². The SMILES string of the molecule is COc1ccc(S(=O)(=O)N(CC(=O)N(Cc2ccccc2Cl)C(Cc2ccccc2)C(=O)NC2CCCC2)c2ccc(C)cc2)cc1OC. The van der Waals surface area contributed by atoms with E-state index in [4.69, 9.17) is 21.1 Å². The number of nitrogens with zero attached hydrogens (tertiary/aromatic N) is 2. The van der Waals surface area contributed by atoms with Gasteiger partial charge in [-0.1, -0.05) is 90.7 Å². The number of carbonyl (C=O) groups excluding carboxylic acids is 2. The fourth-order valence-corrected chi connectivity index (χ4v) is 7.70. The number of hydrogen-bond acceptors (Lipinski definition) is 6. The van der Waals surface area contributed by atoms with Gasteiger partial charge in [-0.15, -0.1) is 0 Å². The lowest BCUT2D eigenvalue weighted by Gasteiger charge is -2.34. The van der Waals surface area contributed by atoms with Gasteiger partial charge >= 0.3 is 0 Å². The maximum absolute atomic E-state index is 14.7. The number of nitrogens with one attached hydrogen (secondary N) is 1. The van der Waals surface area contributed by atoms with Crippen molar-refractivity contribution in [1.29, 1.82) is 0 Å². The number of rotatable bonds is 14. The highest BCUT2D eigenvalue weighted by Crippen LogP contribution is 2.33. The second kappa shape index (κ2) is 16.2. The first-order chi connectivity index (χ1) is 23.6. The first-order valence-electron chi connectivity index (χ1n) is 16.3. The Hall–Kier alpha value is -4.54. The Balaban J connectivity index is 1.59. The summed E-state index contributed by atoms with van der Waals surface area (Å²) >= 11 is 6.61. The quantitative estimate of drug-likeness (QED) is 0.160. The number of methoxy groups -OCH3 is 2. The Morgan fingerprint density at radius 2 is 1.53 bits per heavy atom. The van der Waals surface area contributed by atoms with Crippen LogP contribution in [0, 0.1) is 6.92 Å². The number of aryl methyl sites for hydroxylation is 1. The third-order valence-electron chi connectivity index (χ3n) is 8.81. The van der Waals surface area contributed by atoms with Crippen LogP contribution in [0.15, 0.2) is 102 Å². The summed E-state index contributed by atoms with van der Waals surface area (Å²) < 4.78 is 40.7. The molecule has 49 heavy (non-hydrogen) atoms. The van der Waals surface area contributed by atoms with Crippen LogP contribution in [0.4, 0.5) is 5.69 Å². The molecule has 1 fully saturated rings. The van der Waals surface area contributed by atoms with Crippen LogP contribution in [0.25, 0.3) is 0 Å². The fourth-order valence-electron chi connectivity index (χ4n) is 6.08. The van der Waals surface area contributed by atoms with Gasteiger partial charge in [0.2, 0.25) is 11.8 Å². The molecular formula is C38H42ClN3O6S. The average Bonchev–Trinajstić information content (AvgIpc) is 3.63. The number of amides is 2. The van der Waals surface area contributed by atoms with Gasteiger partial charge in [-0.2, -0.15) is 0 Å². The third kappa shape index (κ3) is 8.74. The first kappa shape index (κ1) is 35.8. The highest BCUT2D eigenvalue weighted by Gasteiger charge is 2.36. The maximum Gasteiger partial charge on any atom is 0.264 e. The van der Waals surface area contributed by atoms with Crippen molar-refractivity contribution in [2.24, 2.45) is 0 Å². The lowest BCUT2D eigenvalue weighted by Crippen LogP contribution is -2.54. The van der Waals surface area contributed by atoms with Crippen LogP contribution in [0.1, 0.15) is 42.4 Å². The van der Waals surface area contributed by atoms with Crippen LogP contribution in [0.3, 0.4) is 0 Å². The van der Waals surface area contributed by atoms with Crippen LogP contribution in [-0.4, -0.2) is 58.0 Å². The average molecular weight is 704 g/mol. The third-order valence-corrected chi connectivity index (χ3v) is 11.0. The van der Waals surface area contributed by atoms with E-state index >= 15 is 0 Å². The molecule has 1 aliphatic rings. The molecule has 0 aromatic heterocycles. The van der Waals surface area contributed by atoms with Gasteiger partial charge in [-0.05, 0) is 61.2 Å². The second-order valence-electron chi connectivity index (χ2n) is 12.2. The molecule has 1 unspecified atom stereocenters. The van der Waals surface area contributed by atoms with E-state index in [9.17, 15) is 18.0 Å². The molecule has 5 rings (SSSR count). The Kier molecular flexibility index (Phi) is 11.9. The lowest BCUT2D eigenvalue weighted by atomic mass is 10.0. The number of benzene rings is 4. The van der Waals surface area contributed by atoms with Crippen molar-refractivity contribution in [3.05, 3.63) is 119 Å². The molecule has 1 aliphatic carbocycles. The fraction of sp³-hybridized carbons (Fsp3) is 0.316. The zero-order chi connectivity index (χ0) is 35.0. The second-order valence-corrected chi connectivity index (χ2v) is 14.4. The molecule has 1 N–H and O–H groups in total. The Morgan fingerprint density at radius 1 is 0.878 bits per heavy atom. The largest absolute Gasteiger partial charge is 0.493 e. The van der Waals surface area contributed by atoms with E-state index < -0.39 is 28.5 Å². The number of hydrogen-bond donors (Lipinski definition) is 1. The summed E-state index contributed by atoms with van der Waals surface area (Å²) in [7, 11) is -1.45. The van der Waals surface area contributed by atoms with E-state index in [1.165, 1.54) is 37.3 Å². The molecule has 0 aliphatic heterocycles. The standard InChI is InChI=1S/C38H42ClN3O6S/c1-27-17-19-31(20-18-27)42(49(45,46)32-21-22-35(47-2)36(24-32)48-3)26-37(43)41(25-29-13-7-10-16-33(29)39)34(23-28-11-5-4-6-12-28)38(44)40-30-14-8-9-15-30/h4-7,10-13,16-22,24,30,34H,8-9,14-15,23,25-26H2,1-3H3,(H,40,44). The molecule has 4 aromatic carbocycles. The molecule has 0 radical (unpaired) electrons. The van der Waals surface area contributed by atoms with Crippen LogP contribution in [0.2, 0.25) is 5.02 Å². The molecular weight excluding hydrogens is 662 g/mol. The van der Waals surface area contributed by atoms with Crippen LogP contribution >= 0.6 is 11.6 Å². The van der Waals surface area contributed by atoms with Crippen LogP contribution in [0.5, 0.6) is 11.5 Å². The van der Waals surface area contributed by atoms with E-state index in [1.54, 1.807) is 42.5 Å². The molecule has 2 amide bonds. The van der Waals surface area contributed by atoms with Gasteiger partial charge in [0.15, 0.2) is 11.5 Å². The number of halogens is 1. The smallest absolute Gasteiger partial charge is 0.264 e. The Labute approximate surface area is 293 Å². The van der Waals surface area contributed by atoms with E-state index in [2.05, 4.69) is 5.32 Å². The van der Waals surface area contributed by atoms with Crippen molar-refractivity contribution in [1.82, 2.24) is 10.2 Å². The highest BCUT2D eigenvalue weighted by atomic mass is 35.5. The summed E-state index contributed by atoms with van der Waals surface area (Å²) in [4.78, 5) is 30.3. The van der Waals surface area contributed by atoms with Gasteiger partial charge in [-0.3, -0.25) is 13.9 Å². The summed E-state index contributed by atoms with van der Waals surface area (Å²) in [6, 6.07) is 26.9. The van der Waals surface area contributed by atoms with Crippen LogP contribution in [-0.2, 0) is 32.6 Å². The van der Waals surface area contributed by atoms with Crippen molar-refractivity contribution >= 4 is 39.1 Å². The molecule has 1 saturated carbocycles. The van der Waals surface area contributed by atoms with Crippen molar-refractivity contribution < 1.29 is 27.5 Å². The number of anilines is 1. The minimum Gasteiger partial charge on any atom is -0.493 e. The summed E-state index contributed by atoms with van der Waals surface area (Å²) in [6.07, 6.45) is 4.01. The van der Waals surface area contributed by atoms with E-state index in [0.717, 1.165) is 41.1 Å². The molecule has 11 heteroatoms. The molecule has 0 bridgehead atoms. The predicted molar refractivity (Wildman–Crippen MR) is 192 cm³/mol. The Bertz CT molecular complexity index is 1850. The van der Waals surface area contributed by atoms with E-state index in [1.807, 2.05) is 43.3 Å². The normalized spacial score (nSPS) is 13.8. The lowest BCUT2D eigenvalue weighted by molar-refractivity contribution is -0.140. The predicted octanol–water partition coefficient (Wildman–Crippen LogP) is 6.56. The van der Waals surface area contributed by atoms with Gasteiger partial charge in [0.05, 0.1) is 24.8 Å². The van der Waals surface area contributed by atoms with Gasteiger partial charge in [-0.25, -0.2) is 8.42 Å². The minimum atomic E-state index is -4.33. The summed E-state index contributed by atoms with van der Waals surface area (Å²) in [5.74, 6) is -0.263. The first-order valence-corrected chi connectivity index (χ1v) is 18.1. The summed E-state index contributed by atoms with van der Waals surface area (Å²) in [5, 5.41) is 3.62. The van der Waals surface area contributed by atoms with Gasteiger partial charge < -0.3 is 19.7 Å². The molecule has 0 saturated heterocycles. The maximum atomic E-state index is 14.7. The highest BCUT2D eigenvalue weighted by molar-refractivity contribution is 7.92. The van der Waals surface area contributed by atoms with Crippen molar-refractivity contribution in [3.8, 4) is 11.5 Å². The molecule has 258 valence electrons. The van der Waals surface area contributed by atoms with E-state index in [-0.39, 0.29) is 35.6 Å². The zero-order valence-corrected chi connectivity index (χ0v) is 29.5. The van der Waals surface area contributed by atoms with E-state index in [0.29, 0.717) is 22.0 Å². The molecule has 0 heterocycles. The van der Waals surface area contributed by atoms with Crippen molar-refractivity contribution in [3.63, 3.8) is 0 Å². The molecule has 1 atom stereocenters. The van der Waals surface area contributed by atoms with Gasteiger partial charge in [0.1, 0.15) is 12.6 Å². The zero-order valence-electron chi connectivity index (χ0n) is 28.0. The topological polar surface area (TPSA) is 105 Å². The van der Waals surface area contributed by atoms with Crippen molar-refractivity contribution in [2.45, 2.75) is 62.6 Å². The van der Waals surface area contributed by atoms with Gasteiger partial charge in [0.25, 0.3) is 10.0 Å². The number of sulfonamides is 1. The molecule has 9 nitrogen and oxygen atoms in total. The van der Waals surface area contributed by atoms with Crippen LogP contribution < -0.4 is 19.1 Å². The minimum absolute atomic E-state index is 0.00770. The molecule has 0 spiro atoms. The van der Waals surface area contributed by atoms with Crippen molar-refractivity contribution in [2.75, 3.05) is 25.1 Å². The number of carbonyl (C=O) groups is 2. The number of ether oxygens (including phenoxy) is 2. The Morgan fingerprint density at radius 3 is 2.18 bits per heavy atom. The monoisotopic (exact) mass is 703 g/mol. The molecule has 4 aromatic rings. The summed E-state index contributed by atoms with van der Waals surface area (Å²) in [6.45, 7) is 1.31.